The van der Waals surface area contributed by atoms with Gasteiger partial charge in [-0.05, 0) is 38.0 Å². The molecule has 0 N–H and O–H groups in total. The van der Waals surface area contributed by atoms with Gasteiger partial charge in [0.15, 0.2) is 0 Å². The number of likely N-dealkylation sites (tertiary alicyclic amines) is 1. The first-order valence-corrected chi connectivity index (χ1v) is 8.26. The molecular weight excluding hydrogens is 296 g/mol. The molecular formula is C17H16N2O2S. The first-order chi connectivity index (χ1) is 10.7. The Labute approximate surface area is 132 Å². The van der Waals surface area contributed by atoms with Gasteiger partial charge in [-0.2, -0.15) is 0 Å². The molecule has 1 aliphatic heterocycles. The van der Waals surface area contributed by atoms with E-state index in [1.54, 1.807) is 23.7 Å². The standard InChI is InChI=1S/C17H16N2O2S/c1-11-12(8-10-21-11)17(20)19-9-4-6-14(19)16-18-13-5-2-3-7-15(13)22-16/h2-3,5,7-8,10,14H,4,6,9H2,1H3. The van der Waals surface area contributed by atoms with Crippen LogP contribution in [0.3, 0.4) is 0 Å². The highest BCUT2D eigenvalue weighted by Crippen LogP contribution is 2.37. The van der Waals surface area contributed by atoms with Crippen LogP contribution >= 0.6 is 11.3 Å². The summed E-state index contributed by atoms with van der Waals surface area (Å²) in [4.78, 5) is 19.4. The van der Waals surface area contributed by atoms with Crippen molar-refractivity contribution in [1.82, 2.24) is 9.88 Å². The molecule has 2 aromatic heterocycles. The van der Waals surface area contributed by atoms with Crippen LogP contribution in [0.15, 0.2) is 41.0 Å². The summed E-state index contributed by atoms with van der Waals surface area (Å²) >= 11 is 1.69. The minimum Gasteiger partial charge on any atom is -0.469 e. The van der Waals surface area contributed by atoms with Gasteiger partial charge in [-0.1, -0.05) is 12.1 Å². The fourth-order valence-corrected chi connectivity index (χ4v) is 4.18. The Morgan fingerprint density at radius 1 is 1.36 bits per heavy atom. The van der Waals surface area contributed by atoms with E-state index >= 15 is 0 Å². The van der Waals surface area contributed by atoms with Crippen molar-refractivity contribution in [1.29, 1.82) is 0 Å². The van der Waals surface area contributed by atoms with Crippen molar-refractivity contribution in [3.63, 3.8) is 0 Å². The lowest BCUT2D eigenvalue weighted by atomic mass is 10.2. The number of furan rings is 1. The van der Waals surface area contributed by atoms with Gasteiger partial charge in [0, 0.05) is 6.54 Å². The molecule has 3 heterocycles. The fraction of sp³-hybridized carbons (Fsp3) is 0.294. The van der Waals surface area contributed by atoms with E-state index in [2.05, 4.69) is 6.07 Å². The molecule has 0 aliphatic carbocycles. The summed E-state index contributed by atoms with van der Waals surface area (Å²) in [5, 5.41) is 1.04. The number of carbonyl (C=O) groups excluding carboxylic acids is 1. The summed E-state index contributed by atoms with van der Waals surface area (Å²) in [5.41, 5.74) is 1.68. The molecule has 22 heavy (non-hydrogen) atoms. The van der Waals surface area contributed by atoms with Gasteiger partial charge in [-0.25, -0.2) is 4.98 Å². The highest BCUT2D eigenvalue weighted by Gasteiger charge is 2.33. The summed E-state index contributed by atoms with van der Waals surface area (Å²) in [5.74, 6) is 0.730. The van der Waals surface area contributed by atoms with E-state index in [1.165, 1.54) is 4.70 Å². The molecule has 1 fully saturated rings. The van der Waals surface area contributed by atoms with Crippen molar-refractivity contribution in [3.05, 3.63) is 52.9 Å². The van der Waals surface area contributed by atoms with Gasteiger partial charge in [0.2, 0.25) is 0 Å². The summed E-state index contributed by atoms with van der Waals surface area (Å²) in [6.07, 6.45) is 3.57. The molecule has 1 unspecified atom stereocenters. The Kier molecular flexibility index (Phi) is 3.22. The Hall–Kier alpha value is -2.14. The van der Waals surface area contributed by atoms with Crippen molar-refractivity contribution in [2.75, 3.05) is 6.54 Å². The Morgan fingerprint density at radius 2 is 2.23 bits per heavy atom. The number of para-hydroxylation sites is 1. The predicted octanol–water partition coefficient (Wildman–Crippen LogP) is 4.18. The third kappa shape index (κ3) is 2.13. The topological polar surface area (TPSA) is 46.3 Å². The number of thiazole rings is 1. The van der Waals surface area contributed by atoms with Crippen LogP contribution in [0.5, 0.6) is 0 Å². The molecule has 4 rings (SSSR count). The summed E-state index contributed by atoms with van der Waals surface area (Å²) in [7, 11) is 0. The van der Waals surface area contributed by atoms with Crippen LogP contribution in [0, 0.1) is 6.92 Å². The van der Waals surface area contributed by atoms with Gasteiger partial charge in [0.05, 0.1) is 28.1 Å². The Bertz CT molecular complexity index is 803. The maximum Gasteiger partial charge on any atom is 0.257 e. The van der Waals surface area contributed by atoms with Crippen LogP contribution in [0.1, 0.15) is 40.0 Å². The molecule has 0 saturated carbocycles. The number of fused-ring (bicyclic) bond motifs is 1. The molecule has 3 aromatic rings. The number of amides is 1. The SMILES string of the molecule is Cc1occc1C(=O)N1CCCC1c1nc2ccccc2s1. The zero-order valence-electron chi connectivity index (χ0n) is 12.3. The maximum absolute atomic E-state index is 12.8. The number of hydrogen-bond acceptors (Lipinski definition) is 4. The zero-order chi connectivity index (χ0) is 15.1. The molecule has 1 aliphatic rings. The van der Waals surface area contributed by atoms with Gasteiger partial charge in [0.1, 0.15) is 10.8 Å². The second-order valence-corrected chi connectivity index (χ2v) is 6.63. The third-order valence-electron chi connectivity index (χ3n) is 4.20. The van der Waals surface area contributed by atoms with Crippen LogP contribution in [0.4, 0.5) is 0 Å². The molecule has 0 spiro atoms. The van der Waals surface area contributed by atoms with E-state index in [4.69, 9.17) is 9.40 Å². The lowest BCUT2D eigenvalue weighted by molar-refractivity contribution is 0.0734. The van der Waals surface area contributed by atoms with Gasteiger partial charge in [0.25, 0.3) is 5.91 Å². The smallest absolute Gasteiger partial charge is 0.257 e. The van der Waals surface area contributed by atoms with E-state index in [0.717, 1.165) is 29.9 Å². The average molecular weight is 312 g/mol. The molecule has 4 nitrogen and oxygen atoms in total. The molecule has 0 bridgehead atoms. The molecule has 1 atom stereocenters. The number of carbonyl (C=O) groups is 1. The van der Waals surface area contributed by atoms with Crippen molar-refractivity contribution >= 4 is 27.5 Å². The van der Waals surface area contributed by atoms with E-state index in [1.807, 2.05) is 30.0 Å². The van der Waals surface area contributed by atoms with Gasteiger partial charge < -0.3 is 9.32 Å². The second-order valence-electron chi connectivity index (χ2n) is 5.57. The van der Waals surface area contributed by atoms with E-state index < -0.39 is 0 Å². The van der Waals surface area contributed by atoms with E-state index in [0.29, 0.717) is 11.3 Å². The highest BCUT2D eigenvalue weighted by atomic mass is 32.1. The minimum absolute atomic E-state index is 0.0491. The van der Waals surface area contributed by atoms with Crippen molar-refractivity contribution in [2.45, 2.75) is 25.8 Å². The van der Waals surface area contributed by atoms with Crippen LogP contribution in [0.25, 0.3) is 10.2 Å². The van der Waals surface area contributed by atoms with E-state index in [9.17, 15) is 4.79 Å². The average Bonchev–Trinajstić information content (AvgIpc) is 3.24. The first kappa shape index (κ1) is 13.5. The number of hydrogen-bond donors (Lipinski definition) is 0. The molecule has 1 amide bonds. The van der Waals surface area contributed by atoms with E-state index in [-0.39, 0.29) is 11.9 Å². The largest absolute Gasteiger partial charge is 0.469 e. The molecule has 5 heteroatoms. The summed E-state index contributed by atoms with van der Waals surface area (Å²) < 4.78 is 6.45. The van der Waals surface area contributed by atoms with Gasteiger partial charge in [-0.3, -0.25) is 4.79 Å². The number of benzene rings is 1. The normalized spacial score (nSPS) is 18.2. The number of aryl methyl sites for hydroxylation is 1. The Balaban J connectivity index is 1.69. The molecule has 112 valence electrons. The number of aromatic nitrogens is 1. The summed E-state index contributed by atoms with van der Waals surface area (Å²) in [6, 6.07) is 9.97. The van der Waals surface area contributed by atoms with Gasteiger partial charge in [-0.15, -0.1) is 11.3 Å². The maximum atomic E-state index is 12.8. The predicted molar refractivity (Wildman–Crippen MR) is 86.1 cm³/mol. The molecule has 1 aromatic carbocycles. The fourth-order valence-electron chi connectivity index (χ4n) is 3.06. The first-order valence-electron chi connectivity index (χ1n) is 7.44. The quantitative estimate of drug-likeness (QED) is 0.713. The third-order valence-corrected chi connectivity index (χ3v) is 5.34. The molecule has 1 saturated heterocycles. The van der Waals surface area contributed by atoms with Crippen molar-refractivity contribution < 1.29 is 9.21 Å². The Morgan fingerprint density at radius 3 is 3.00 bits per heavy atom. The monoisotopic (exact) mass is 312 g/mol. The number of rotatable bonds is 2. The summed E-state index contributed by atoms with van der Waals surface area (Å²) in [6.45, 7) is 2.61. The zero-order valence-corrected chi connectivity index (χ0v) is 13.1. The highest BCUT2D eigenvalue weighted by molar-refractivity contribution is 7.18. The van der Waals surface area contributed by atoms with Crippen LogP contribution in [-0.4, -0.2) is 22.3 Å². The lowest BCUT2D eigenvalue weighted by Gasteiger charge is -2.22. The van der Waals surface area contributed by atoms with Gasteiger partial charge >= 0.3 is 0 Å². The lowest BCUT2D eigenvalue weighted by Crippen LogP contribution is -2.30. The van der Waals surface area contributed by atoms with Crippen LogP contribution < -0.4 is 0 Å². The minimum atomic E-state index is 0.0491. The van der Waals surface area contributed by atoms with Crippen molar-refractivity contribution in [3.8, 4) is 0 Å². The number of nitrogens with zero attached hydrogens (tertiary/aromatic N) is 2. The molecule has 0 radical (unpaired) electrons. The van der Waals surface area contributed by atoms with Crippen LogP contribution in [-0.2, 0) is 0 Å². The second kappa shape index (κ2) is 5.25. The van der Waals surface area contributed by atoms with Crippen LogP contribution in [0.2, 0.25) is 0 Å². The van der Waals surface area contributed by atoms with Crippen molar-refractivity contribution in [2.24, 2.45) is 0 Å².